The first-order valence-corrected chi connectivity index (χ1v) is 5.31. The van der Waals surface area contributed by atoms with Crippen LogP contribution in [-0.2, 0) is 0 Å². The summed E-state index contributed by atoms with van der Waals surface area (Å²) in [5.41, 5.74) is 6.32. The van der Waals surface area contributed by atoms with Crippen LogP contribution in [0.3, 0.4) is 0 Å². The largest absolute Gasteiger partial charge is 0.396 e. The Morgan fingerprint density at radius 3 is 2.57 bits per heavy atom. The number of anilines is 1. The molecule has 1 saturated heterocycles. The molecule has 0 spiro atoms. The van der Waals surface area contributed by atoms with Gasteiger partial charge < -0.3 is 5.73 Å². The quantitative estimate of drug-likeness (QED) is 0.777. The Bertz CT molecular complexity index is 263. The van der Waals surface area contributed by atoms with Crippen LogP contribution in [0.15, 0.2) is 12.4 Å². The third-order valence-corrected chi connectivity index (χ3v) is 2.38. The zero-order valence-corrected chi connectivity index (χ0v) is 9.27. The summed E-state index contributed by atoms with van der Waals surface area (Å²) in [7, 11) is 0. The van der Waals surface area contributed by atoms with E-state index in [1.807, 2.05) is 24.7 Å². The zero-order valence-electron chi connectivity index (χ0n) is 9.27. The highest BCUT2D eigenvalue weighted by molar-refractivity contribution is 5.30. The van der Waals surface area contributed by atoms with E-state index in [4.69, 9.17) is 5.73 Å². The molecule has 80 valence electrons. The minimum atomic E-state index is 0.544. The third-order valence-electron chi connectivity index (χ3n) is 2.38. The van der Waals surface area contributed by atoms with Crippen molar-refractivity contribution in [2.45, 2.75) is 26.8 Å². The molecule has 2 heterocycles. The molecule has 0 aromatic carbocycles. The fourth-order valence-electron chi connectivity index (χ4n) is 1.52. The summed E-state index contributed by atoms with van der Waals surface area (Å²) in [6.45, 7) is 9.52. The van der Waals surface area contributed by atoms with E-state index in [1.165, 1.54) is 0 Å². The van der Waals surface area contributed by atoms with Crippen LogP contribution in [0.2, 0.25) is 0 Å². The highest BCUT2D eigenvalue weighted by Crippen LogP contribution is 2.20. The molecule has 1 aliphatic rings. The number of hydrogen-bond acceptors (Lipinski definition) is 3. The van der Waals surface area contributed by atoms with Crippen molar-refractivity contribution in [3.63, 3.8) is 0 Å². The summed E-state index contributed by atoms with van der Waals surface area (Å²) in [6.07, 6.45) is 3.60. The Hall–Kier alpha value is -1.03. The van der Waals surface area contributed by atoms with Crippen molar-refractivity contribution in [2.75, 3.05) is 25.4 Å². The molecular formula is C10H20N4. The normalized spacial score (nSPS) is 17.1. The van der Waals surface area contributed by atoms with Gasteiger partial charge in [-0.2, -0.15) is 5.10 Å². The van der Waals surface area contributed by atoms with Crippen LogP contribution < -0.4 is 5.73 Å². The van der Waals surface area contributed by atoms with Gasteiger partial charge in [0.25, 0.3) is 0 Å². The Kier molecular flexibility index (Phi) is 3.95. The van der Waals surface area contributed by atoms with E-state index in [9.17, 15) is 0 Å². The molecule has 1 aromatic rings. The third kappa shape index (κ3) is 2.26. The van der Waals surface area contributed by atoms with Crippen molar-refractivity contribution < 1.29 is 0 Å². The highest BCUT2D eigenvalue weighted by Gasteiger charge is 2.26. The van der Waals surface area contributed by atoms with Crippen LogP contribution in [0, 0.1) is 0 Å². The average molecular weight is 196 g/mol. The summed E-state index contributed by atoms with van der Waals surface area (Å²) < 4.78 is 1.96. The van der Waals surface area contributed by atoms with Gasteiger partial charge in [-0.1, -0.05) is 20.8 Å². The number of aromatic nitrogens is 2. The van der Waals surface area contributed by atoms with Crippen molar-refractivity contribution >= 4 is 5.69 Å². The van der Waals surface area contributed by atoms with Gasteiger partial charge in [-0.3, -0.25) is 9.58 Å². The Balaban J connectivity index is 0.000000461. The van der Waals surface area contributed by atoms with Crippen LogP contribution in [0.5, 0.6) is 0 Å². The SMILES string of the molecule is CC.CCN1CC(n2cc(N)cn2)C1. The lowest BCUT2D eigenvalue weighted by molar-refractivity contribution is 0.105. The maximum absolute atomic E-state index is 5.57. The predicted molar refractivity (Wildman–Crippen MR) is 59.1 cm³/mol. The van der Waals surface area contributed by atoms with Gasteiger partial charge in [0.2, 0.25) is 0 Å². The number of nitrogens with two attached hydrogens (primary N) is 1. The van der Waals surface area contributed by atoms with Gasteiger partial charge in [0, 0.05) is 19.3 Å². The number of rotatable bonds is 2. The maximum Gasteiger partial charge on any atom is 0.0773 e. The van der Waals surface area contributed by atoms with E-state index in [0.29, 0.717) is 6.04 Å². The number of hydrogen-bond donors (Lipinski definition) is 1. The molecule has 4 heteroatoms. The Labute approximate surface area is 85.7 Å². The van der Waals surface area contributed by atoms with Crippen molar-refractivity contribution in [3.05, 3.63) is 12.4 Å². The van der Waals surface area contributed by atoms with Crippen molar-refractivity contribution in [1.29, 1.82) is 0 Å². The fraction of sp³-hybridized carbons (Fsp3) is 0.700. The van der Waals surface area contributed by atoms with Gasteiger partial charge in [0.05, 0.1) is 17.9 Å². The van der Waals surface area contributed by atoms with Crippen LogP contribution in [0.1, 0.15) is 26.8 Å². The molecule has 2 rings (SSSR count). The molecule has 4 nitrogen and oxygen atoms in total. The summed E-state index contributed by atoms with van der Waals surface area (Å²) in [5, 5.41) is 4.17. The highest BCUT2D eigenvalue weighted by atomic mass is 15.4. The van der Waals surface area contributed by atoms with Crippen molar-refractivity contribution in [1.82, 2.24) is 14.7 Å². The van der Waals surface area contributed by atoms with Crippen LogP contribution in [0.25, 0.3) is 0 Å². The molecule has 1 aromatic heterocycles. The number of likely N-dealkylation sites (N-methyl/N-ethyl adjacent to an activating group) is 1. The van der Waals surface area contributed by atoms with E-state index in [0.717, 1.165) is 25.3 Å². The molecule has 1 aliphatic heterocycles. The van der Waals surface area contributed by atoms with E-state index in [2.05, 4.69) is 16.9 Å². The van der Waals surface area contributed by atoms with E-state index < -0.39 is 0 Å². The van der Waals surface area contributed by atoms with Crippen molar-refractivity contribution in [2.24, 2.45) is 0 Å². The molecular weight excluding hydrogens is 176 g/mol. The molecule has 0 amide bonds. The standard InChI is InChI=1S/C8H14N4.C2H6/c1-2-11-5-8(6-11)12-4-7(9)3-10-12;1-2/h3-4,8H,2,5-6,9H2,1H3;1-2H3. The summed E-state index contributed by atoms with van der Waals surface area (Å²) >= 11 is 0. The first-order valence-electron chi connectivity index (χ1n) is 5.31. The second-order valence-electron chi connectivity index (χ2n) is 3.26. The van der Waals surface area contributed by atoms with Gasteiger partial charge in [0.15, 0.2) is 0 Å². The van der Waals surface area contributed by atoms with Crippen LogP contribution in [-0.4, -0.2) is 34.3 Å². The second-order valence-corrected chi connectivity index (χ2v) is 3.26. The zero-order chi connectivity index (χ0) is 10.6. The molecule has 0 unspecified atom stereocenters. The molecule has 0 bridgehead atoms. The fourth-order valence-corrected chi connectivity index (χ4v) is 1.52. The molecule has 1 fully saturated rings. The first kappa shape index (κ1) is 11.0. The summed E-state index contributed by atoms with van der Waals surface area (Å²) in [4.78, 5) is 2.38. The Morgan fingerprint density at radius 1 is 1.50 bits per heavy atom. The minimum Gasteiger partial charge on any atom is -0.396 e. The van der Waals surface area contributed by atoms with Gasteiger partial charge in [0.1, 0.15) is 0 Å². The second kappa shape index (κ2) is 5.00. The molecule has 14 heavy (non-hydrogen) atoms. The maximum atomic E-state index is 5.57. The number of nitrogen functional groups attached to an aromatic ring is 1. The van der Waals surface area contributed by atoms with E-state index in [-0.39, 0.29) is 0 Å². The van der Waals surface area contributed by atoms with Gasteiger partial charge in [-0.25, -0.2) is 0 Å². The molecule has 0 saturated carbocycles. The topological polar surface area (TPSA) is 47.1 Å². The van der Waals surface area contributed by atoms with Gasteiger partial charge in [-0.15, -0.1) is 0 Å². The van der Waals surface area contributed by atoms with E-state index in [1.54, 1.807) is 6.20 Å². The minimum absolute atomic E-state index is 0.544. The number of nitrogens with zero attached hydrogens (tertiary/aromatic N) is 3. The first-order chi connectivity index (χ1) is 6.79. The lowest BCUT2D eigenvalue weighted by Crippen LogP contribution is -2.47. The lowest BCUT2D eigenvalue weighted by atomic mass is 10.1. The monoisotopic (exact) mass is 196 g/mol. The van der Waals surface area contributed by atoms with Crippen LogP contribution in [0.4, 0.5) is 5.69 Å². The summed E-state index contributed by atoms with van der Waals surface area (Å²) in [6, 6.07) is 0.544. The van der Waals surface area contributed by atoms with Gasteiger partial charge >= 0.3 is 0 Å². The lowest BCUT2D eigenvalue weighted by Gasteiger charge is -2.38. The van der Waals surface area contributed by atoms with E-state index >= 15 is 0 Å². The summed E-state index contributed by atoms with van der Waals surface area (Å²) in [5.74, 6) is 0. The molecule has 0 radical (unpaired) electrons. The smallest absolute Gasteiger partial charge is 0.0773 e. The predicted octanol–water partition coefficient (Wildman–Crippen LogP) is 1.37. The molecule has 2 N–H and O–H groups in total. The van der Waals surface area contributed by atoms with Crippen molar-refractivity contribution in [3.8, 4) is 0 Å². The van der Waals surface area contributed by atoms with Gasteiger partial charge in [-0.05, 0) is 6.54 Å². The Morgan fingerprint density at radius 2 is 2.14 bits per heavy atom. The average Bonchev–Trinajstić information content (AvgIpc) is 2.54. The van der Waals surface area contributed by atoms with Crippen LogP contribution >= 0.6 is 0 Å². The molecule has 0 atom stereocenters. The number of likely N-dealkylation sites (tertiary alicyclic amines) is 1. The molecule has 0 aliphatic carbocycles.